The third kappa shape index (κ3) is 5.22. The summed E-state index contributed by atoms with van der Waals surface area (Å²) in [5.74, 6) is -0.127. The van der Waals surface area contributed by atoms with Gasteiger partial charge >= 0.3 is 0 Å². The Kier molecular flexibility index (Phi) is 8.79. The number of amides is 1. The topological polar surface area (TPSA) is 53.3 Å². The van der Waals surface area contributed by atoms with Crippen molar-refractivity contribution in [3.8, 4) is 11.8 Å². The number of carbonyl (C=O) groups is 1. The van der Waals surface area contributed by atoms with E-state index in [-0.39, 0.29) is 51.4 Å². The van der Waals surface area contributed by atoms with Gasteiger partial charge in [0.25, 0.3) is 6.43 Å². The normalized spacial score (nSPS) is 17.2. The molecule has 0 saturated carbocycles. The number of benzene rings is 1. The molecule has 125 valence electrons. The van der Waals surface area contributed by atoms with Crippen LogP contribution in [0.2, 0.25) is 0 Å². The Morgan fingerprint density at radius 3 is 2.83 bits per heavy atom. The van der Waals surface area contributed by atoms with Crippen molar-refractivity contribution < 1.29 is 51.0 Å². The Morgan fingerprint density at radius 2 is 2.25 bits per heavy atom. The molecule has 2 rings (SSSR count). The van der Waals surface area contributed by atoms with Crippen molar-refractivity contribution in [2.45, 2.75) is 18.2 Å². The maximum Gasteiger partial charge on any atom is 0.256 e. The van der Waals surface area contributed by atoms with Crippen LogP contribution in [0.3, 0.4) is 0 Å². The molecule has 0 bridgehead atoms. The van der Waals surface area contributed by atoms with Gasteiger partial charge in [-0.15, -0.1) is 28.9 Å². The molecule has 1 amide bonds. The molecule has 1 aliphatic heterocycles. The first-order valence-electron chi connectivity index (χ1n) is 6.58. The molecule has 0 fully saturated rings. The number of carbonyl (C=O) groups excluding carboxylic acids is 1. The van der Waals surface area contributed by atoms with Crippen LogP contribution in [0.1, 0.15) is 12.0 Å². The van der Waals surface area contributed by atoms with Crippen molar-refractivity contribution in [3.63, 3.8) is 0 Å². The number of ether oxygens (including phenoxy) is 1. The SMILES string of the molecule is N#CCOc1ccc(C2=[C-]CC(Cl)C(=O)N2CC(F)F)c(Br)c1.[Y]. The summed E-state index contributed by atoms with van der Waals surface area (Å²) in [5, 5.41) is 7.61. The van der Waals surface area contributed by atoms with Crippen LogP contribution in [-0.4, -0.2) is 35.8 Å². The average Bonchev–Trinajstić information content (AvgIpc) is 2.50. The van der Waals surface area contributed by atoms with Gasteiger partial charge in [-0.1, -0.05) is 26.8 Å². The molecule has 1 heterocycles. The van der Waals surface area contributed by atoms with E-state index in [1.807, 2.05) is 6.07 Å². The quantitative estimate of drug-likeness (QED) is 0.465. The van der Waals surface area contributed by atoms with Gasteiger partial charge in [0, 0.05) is 32.7 Å². The molecule has 1 aliphatic rings. The van der Waals surface area contributed by atoms with E-state index in [0.29, 0.717) is 15.8 Å². The molecule has 0 spiro atoms. The van der Waals surface area contributed by atoms with Crippen LogP contribution in [-0.2, 0) is 37.5 Å². The van der Waals surface area contributed by atoms with Gasteiger partial charge in [0.1, 0.15) is 17.2 Å². The van der Waals surface area contributed by atoms with Gasteiger partial charge in [-0.3, -0.25) is 4.79 Å². The Labute approximate surface area is 176 Å². The van der Waals surface area contributed by atoms with Crippen LogP contribution in [0.5, 0.6) is 5.75 Å². The van der Waals surface area contributed by atoms with Gasteiger partial charge in [0.05, 0.1) is 6.54 Å². The van der Waals surface area contributed by atoms with Crippen molar-refractivity contribution in [1.29, 1.82) is 5.26 Å². The van der Waals surface area contributed by atoms with Crippen LogP contribution in [0.15, 0.2) is 22.7 Å². The summed E-state index contributed by atoms with van der Waals surface area (Å²) >= 11 is 9.17. The summed E-state index contributed by atoms with van der Waals surface area (Å²) in [6.07, 6.45) is 0.370. The Bertz CT molecular complexity index is 682. The molecule has 1 unspecified atom stereocenters. The molecule has 1 atom stereocenters. The van der Waals surface area contributed by atoms with Gasteiger partial charge in [-0.05, 0) is 12.1 Å². The van der Waals surface area contributed by atoms with Crippen LogP contribution >= 0.6 is 27.5 Å². The van der Waals surface area contributed by atoms with Crippen molar-refractivity contribution >= 4 is 39.1 Å². The van der Waals surface area contributed by atoms with Gasteiger partial charge in [-0.25, -0.2) is 14.9 Å². The van der Waals surface area contributed by atoms with E-state index in [1.165, 1.54) is 0 Å². The largest absolute Gasteiger partial charge is 0.479 e. The first-order chi connectivity index (χ1) is 10.9. The zero-order chi connectivity index (χ0) is 17.0. The molecule has 4 nitrogen and oxygen atoms in total. The van der Waals surface area contributed by atoms with E-state index in [9.17, 15) is 13.6 Å². The molecular formula is C15H11BrClF2N2O2Y-. The van der Waals surface area contributed by atoms with Crippen molar-refractivity contribution in [3.05, 3.63) is 34.3 Å². The molecule has 24 heavy (non-hydrogen) atoms. The Hall–Kier alpha value is -0.546. The maximum atomic E-state index is 12.8. The van der Waals surface area contributed by atoms with Crippen LogP contribution < -0.4 is 4.74 Å². The molecular weight excluding hydrogens is 482 g/mol. The summed E-state index contributed by atoms with van der Waals surface area (Å²) in [4.78, 5) is 13.0. The number of rotatable bonds is 5. The fourth-order valence-corrected chi connectivity index (χ4v) is 2.84. The minimum Gasteiger partial charge on any atom is -0.479 e. The van der Waals surface area contributed by atoms with Crippen molar-refractivity contribution in [1.82, 2.24) is 4.90 Å². The summed E-state index contributed by atoms with van der Waals surface area (Å²) < 4.78 is 31.2. The predicted octanol–water partition coefficient (Wildman–Crippen LogP) is 3.60. The fourth-order valence-electron chi connectivity index (χ4n) is 2.10. The minimum atomic E-state index is -2.69. The number of nitrogens with zero attached hydrogens (tertiary/aromatic N) is 2. The third-order valence-electron chi connectivity index (χ3n) is 3.07. The minimum absolute atomic E-state index is 0. The van der Waals surface area contributed by atoms with E-state index >= 15 is 0 Å². The summed E-state index contributed by atoms with van der Waals surface area (Å²) in [7, 11) is 0. The summed E-state index contributed by atoms with van der Waals surface area (Å²) in [6, 6.07) is 6.64. The van der Waals surface area contributed by atoms with Crippen LogP contribution in [0, 0.1) is 17.4 Å². The molecule has 1 radical (unpaired) electrons. The molecule has 9 heteroatoms. The van der Waals surface area contributed by atoms with E-state index in [4.69, 9.17) is 21.6 Å². The van der Waals surface area contributed by atoms with Gasteiger partial charge in [0.15, 0.2) is 6.61 Å². The second-order valence-electron chi connectivity index (χ2n) is 4.63. The summed E-state index contributed by atoms with van der Waals surface area (Å²) in [5.41, 5.74) is 0.776. The second kappa shape index (κ2) is 9.81. The number of nitriles is 1. The molecule has 0 N–H and O–H groups in total. The molecule has 1 aromatic carbocycles. The predicted molar refractivity (Wildman–Crippen MR) is 83.9 cm³/mol. The molecule has 0 aliphatic carbocycles. The monoisotopic (exact) mass is 492 g/mol. The molecule has 0 aromatic heterocycles. The van der Waals surface area contributed by atoms with Crippen molar-refractivity contribution in [2.75, 3.05) is 13.2 Å². The smallest absolute Gasteiger partial charge is 0.256 e. The average molecular weight is 494 g/mol. The van der Waals surface area contributed by atoms with E-state index in [0.717, 1.165) is 4.90 Å². The zero-order valence-electron chi connectivity index (χ0n) is 12.3. The summed E-state index contributed by atoms with van der Waals surface area (Å²) in [6.45, 7) is -0.853. The fraction of sp³-hybridized carbons (Fsp3) is 0.333. The number of alkyl halides is 3. The maximum absolute atomic E-state index is 12.8. The van der Waals surface area contributed by atoms with E-state index in [2.05, 4.69) is 22.0 Å². The van der Waals surface area contributed by atoms with Crippen LogP contribution in [0.4, 0.5) is 8.78 Å². The second-order valence-corrected chi connectivity index (χ2v) is 6.01. The van der Waals surface area contributed by atoms with Gasteiger partial charge in [0.2, 0.25) is 5.91 Å². The number of hydrogen-bond donors (Lipinski definition) is 0. The molecule has 0 saturated heterocycles. The third-order valence-corrected chi connectivity index (χ3v) is 4.07. The standard InChI is InChI=1S/C15H11BrClF2N2O2.Y/c16-11-7-9(23-6-5-20)1-2-10(11)13-4-3-12(17)15(22)21(13)8-14(18)19;/h1-2,7,12,14H,3,6,8H2;/q-1;. The first kappa shape index (κ1) is 21.5. The number of allylic oxidation sites excluding steroid dienone is 1. The van der Waals surface area contributed by atoms with Gasteiger partial charge in [-0.2, -0.15) is 5.26 Å². The first-order valence-corrected chi connectivity index (χ1v) is 7.81. The number of halogens is 4. The van der Waals surface area contributed by atoms with Crippen molar-refractivity contribution in [2.24, 2.45) is 0 Å². The van der Waals surface area contributed by atoms with Gasteiger partial charge < -0.3 is 9.64 Å². The number of hydrogen-bond acceptors (Lipinski definition) is 3. The van der Waals surface area contributed by atoms with Crippen LogP contribution in [0.25, 0.3) is 5.70 Å². The Morgan fingerprint density at radius 1 is 1.54 bits per heavy atom. The Balaban J connectivity index is 0.00000288. The van der Waals surface area contributed by atoms with E-state index < -0.39 is 24.3 Å². The zero-order valence-corrected chi connectivity index (χ0v) is 17.5. The van der Waals surface area contributed by atoms with E-state index in [1.54, 1.807) is 18.2 Å². The molecule has 1 aromatic rings.